The molecular weight excluding hydrogens is 491 g/mol. The Morgan fingerprint density at radius 1 is 1.19 bits per heavy atom. The molecule has 2 heterocycles. The van der Waals surface area contributed by atoms with Crippen LogP contribution in [-0.2, 0) is 4.79 Å². The van der Waals surface area contributed by atoms with E-state index in [-0.39, 0.29) is 12.3 Å². The van der Waals surface area contributed by atoms with Gasteiger partial charge in [-0.05, 0) is 34.1 Å². The monoisotopic (exact) mass is 504 g/mol. The van der Waals surface area contributed by atoms with Gasteiger partial charge in [-0.15, -0.1) is 13.2 Å². The van der Waals surface area contributed by atoms with Gasteiger partial charge in [0.2, 0.25) is 5.91 Å². The SMILES string of the molecule is O=C(CC1CN(c2cc(F)c(Br)c3ccoc23)C1)Nc1cc(OC(F)(F)F)ccc1F. The van der Waals surface area contributed by atoms with Crippen LogP contribution >= 0.6 is 15.9 Å². The van der Waals surface area contributed by atoms with Crippen LogP contribution in [0.2, 0.25) is 0 Å². The standard InChI is InChI=1S/C20H14BrF5N2O3/c21-18-12-3-4-30-19(12)16(7-14(18)23)28-8-10(9-28)5-17(29)27-15-6-11(1-2-13(15)22)31-20(24,25)26/h1-4,6-7,10H,5,8-9H2,(H,27,29). The number of halogens is 6. The number of furan rings is 1. The molecule has 0 atom stereocenters. The summed E-state index contributed by atoms with van der Waals surface area (Å²) in [6, 6.07) is 5.34. The first-order valence-electron chi connectivity index (χ1n) is 9.06. The van der Waals surface area contributed by atoms with Crippen molar-refractivity contribution in [1.29, 1.82) is 0 Å². The number of anilines is 2. The van der Waals surface area contributed by atoms with E-state index in [9.17, 15) is 26.7 Å². The largest absolute Gasteiger partial charge is 0.573 e. The minimum atomic E-state index is -4.93. The fourth-order valence-electron chi connectivity index (χ4n) is 3.45. The first-order valence-corrected chi connectivity index (χ1v) is 9.85. The number of alkyl halides is 3. The number of nitrogens with one attached hydrogen (secondary N) is 1. The normalized spacial score (nSPS) is 14.6. The lowest BCUT2D eigenvalue weighted by molar-refractivity contribution is -0.274. The third kappa shape index (κ3) is 4.60. The molecule has 0 unspecified atom stereocenters. The van der Waals surface area contributed by atoms with Gasteiger partial charge in [0, 0.05) is 42.9 Å². The Balaban J connectivity index is 1.38. The number of nitrogens with zero attached hydrogens (tertiary/aromatic N) is 1. The van der Waals surface area contributed by atoms with Crippen LogP contribution in [0, 0.1) is 17.6 Å². The Bertz CT molecular complexity index is 1140. The van der Waals surface area contributed by atoms with Crippen LogP contribution < -0.4 is 15.0 Å². The fraction of sp³-hybridized carbons (Fsp3) is 0.250. The van der Waals surface area contributed by atoms with E-state index in [4.69, 9.17) is 4.42 Å². The third-order valence-electron chi connectivity index (χ3n) is 4.82. The van der Waals surface area contributed by atoms with Crippen LogP contribution in [0.5, 0.6) is 5.75 Å². The summed E-state index contributed by atoms with van der Waals surface area (Å²) in [6.45, 7) is 0.869. The molecule has 1 aliphatic heterocycles. The summed E-state index contributed by atoms with van der Waals surface area (Å²) in [7, 11) is 0. The summed E-state index contributed by atoms with van der Waals surface area (Å²) < 4.78 is 74.4. The smallest absolute Gasteiger partial charge is 0.462 e. The number of fused-ring (bicyclic) bond motifs is 1. The number of carbonyl (C=O) groups excluding carboxylic acids is 1. The average molecular weight is 505 g/mol. The van der Waals surface area contributed by atoms with E-state index in [1.165, 1.54) is 12.3 Å². The Hall–Kier alpha value is -2.82. The van der Waals surface area contributed by atoms with Crippen molar-refractivity contribution in [2.45, 2.75) is 12.8 Å². The minimum Gasteiger partial charge on any atom is -0.462 e. The van der Waals surface area contributed by atoms with Crippen LogP contribution in [0.3, 0.4) is 0 Å². The molecule has 0 aliphatic carbocycles. The quantitative estimate of drug-likeness (QED) is 0.443. The molecule has 1 aromatic heterocycles. The molecule has 3 aromatic rings. The second-order valence-corrected chi connectivity index (χ2v) is 7.86. The molecule has 1 fully saturated rings. The van der Waals surface area contributed by atoms with Crippen LogP contribution in [0.15, 0.2) is 45.5 Å². The summed E-state index contributed by atoms with van der Waals surface area (Å²) in [4.78, 5) is 14.1. The molecule has 1 amide bonds. The van der Waals surface area contributed by atoms with Gasteiger partial charge in [0.25, 0.3) is 0 Å². The van der Waals surface area contributed by atoms with Gasteiger partial charge < -0.3 is 19.4 Å². The number of rotatable bonds is 5. The summed E-state index contributed by atoms with van der Waals surface area (Å²) in [5.41, 5.74) is 0.662. The first-order chi connectivity index (χ1) is 14.6. The highest BCUT2D eigenvalue weighted by Crippen LogP contribution is 2.38. The van der Waals surface area contributed by atoms with Crippen LogP contribution in [-0.4, -0.2) is 25.4 Å². The van der Waals surface area contributed by atoms with Gasteiger partial charge in [0.05, 0.1) is 22.1 Å². The first kappa shape index (κ1) is 21.4. The van der Waals surface area contributed by atoms with E-state index in [0.29, 0.717) is 34.2 Å². The van der Waals surface area contributed by atoms with E-state index < -0.39 is 35.3 Å². The van der Waals surface area contributed by atoms with E-state index in [2.05, 4.69) is 26.0 Å². The van der Waals surface area contributed by atoms with Crippen LogP contribution in [0.1, 0.15) is 6.42 Å². The maximum atomic E-state index is 14.1. The number of benzene rings is 2. The Morgan fingerprint density at radius 2 is 1.94 bits per heavy atom. The molecule has 1 saturated heterocycles. The van der Waals surface area contributed by atoms with Crippen LogP contribution in [0.25, 0.3) is 11.0 Å². The lowest BCUT2D eigenvalue weighted by Gasteiger charge is -2.40. The number of hydrogen-bond acceptors (Lipinski definition) is 4. The predicted octanol–water partition coefficient (Wildman–Crippen LogP) is 5.84. The Kier molecular flexibility index (Phi) is 5.54. The highest BCUT2D eigenvalue weighted by atomic mass is 79.9. The van der Waals surface area contributed by atoms with E-state index in [1.807, 2.05) is 4.90 Å². The minimum absolute atomic E-state index is 0.0145. The molecule has 0 spiro atoms. The molecular formula is C20H14BrF5N2O3. The molecule has 1 aliphatic rings. The van der Waals surface area contributed by atoms with Gasteiger partial charge in [-0.2, -0.15) is 0 Å². The summed E-state index contributed by atoms with van der Waals surface area (Å²) in [5, 5.41) is 2.86. The molecule has 11 heteroatoms. The zero-order chi connectivity index (χ0) is 22.3. The molecule has 0 saturated carbocycles. The molecule has 0 radical (unpaired) electrons. The van der Waals surface area contributed by atoms with Crippen molar-refractivity contribution < 1.29 is 35.9 Å². The molecule has 31 heavy (non-hydrogen) atoms. The van der Waals surface area contributed by atoms with Gasteiger partial charge in [0.1, 0.15) is 17.4 Å². The molecule has 1 N–H and O–H groups in total. The van der Waals surface area contributed by atoms with Gasteiger partial charge in [-0.25, -0.2) is 8.78 Å². The van der Waals surface area contributed by atoms with Crippen molar-refractivity contribution >= 4 is 44.2 Å². The van der Waals surface area contributed by atoms with E-state index in [0.717, 1.165) is 18.2 Å². The summed E-state index contributed by atoms with van der Waals surface area (Å²) in [6.07, 6.45) is -3.46. The van der Waals surface area contributed by atoms with Crippen molar-refractivity contribution in [2.75, 3.05) is 23.3 Å². The van der Waals surface area contributed by atoms with Gasteiger partial charge in [-0.1, -0.05) is 0 Å². The van der Waals surface area contributed by atoms with Crippen molar-refractivity contribution in [2.24, 2.45) is 5.92 Å². The van der Waals surface area contributed by atoms with Crippen molar-refractivity contribution in [3.63, 3.8) is 0 Å². The summed E-state index contributed by atoms with van der Waals surface area (Å²) in [5.74, 6) is -2.63. The molecule has 164 valence electrons. The second kappa shape index (κ2) is 8.03. The van der Waals surface area contributed by atoms with Gasteiger partial charge in [-0.3, -0.25) is 4.79 Å². The topological polar surface area (TPSA) is 54.7 Å². The van der Waals surface area contributed by atoms with Crippen molar-refractivity contribution in [3.05, 3.63) is 52.7 Å². The Morgan fingerprint density at radius 3 is 2.65 bits per heavy atom. The molecule has 4 rings (SSSR count). The van der Waals surface area contributed by atoms with Gasteiger partial charge >= 0.3 is 6.36 Å². The van der Waals surface area contributed by atoms with Crippen molar-refractivity contribution in [3.8, 4) is 5.75 Å². The van der Waals surface area contributed by atoms with Gasteiger partial charge in [0.15, 0.2) is 5.58 Å². The molecule has 5 nitrogen and oxygen atoms in total. The maximum absolute atomic E-state index is 14.1. The molecule has 2 aromatic carbocycles. The van der Waals surface area contributed by atoms with E-state index in [1.54, 1.807) is 6.07 Å². The highest BCUT2D eigenvalue weighted by Gasteiger charge is 2.33. The lowest BCUT2D eigenvalue weighted by Crippen LogP contribution is -2.48. The zero-order valence-corrected chi connectivity index (χ0v) is 17.2. The molecule has 0 bridgehead atoms. The highest BCUT2D eigenvalue weighted by molar-refractivity contribution is 9.10. The van der Waals surface area contributed by atoms with Crippen molar-refractivity contribution in [1.82, 2.24) is 0 Å². The lowest BCUT2D eigenvalue weighted by atomic mass is 9.94. The number of ether oxygens (including phenoxy) is 1. The van der Waals surface area contributed by atoms with E-state index >= 15 is 0 Å². The number of hydrogen-bond donors (Lipinski definition) is 1. The summed E-state index contributed by atoms with van der Waals surface area (Å²) >= 11 is 3.18. The average Bonchev–Trinajstić information content (AvgIpc) is 3.13. The number of carbonyl (C=O) groups is 1. The fourth-order valence-corrected chi connectivity index (χ4v) is 3.88. The maximum Gasteiger partial charge on any atom is 0.573 e. The number of amides is 1. The van der Waals surface area contributed by atoms with Crippen LogP contribution in [0.4, 0.5) is 33.3 Å². The Labute approximate surface area is 180 Å². The predicted molar refractivity (Wildman–Crippen MR) is 106 cm³/mol. The third-order valence-corrected chi connectivity index (χ3v) is 5.63. The second-order valence-electron chi connectivity index (χ2n) is 7.07. The zero-order valence-electron chi connectivity index (χ0n) is 15.6.